The maximum Gasteiger partial charge on any atom is 0.170 e. The fourth-order valence-electron chi connectivity index (χ4n) is 5.11. The highest BCUT2D eigenvalue weighted by Crippen LogP contribution is 2.41. The van der Waals surface area contributed by atoms with Crippen molar-refractivity contribution >= 4 is 23.0 Å². The third-order valence-corrected chi connectivity index (χ3v) is 7.04. The van der Waals surface area contributed by atoms with Crippen LogP contribution in [0.3, 0.4) is 0 Å². The molecule has 2 atom stereocenters. The topological polar surface area (TPSA) is 36.3 Å². The van der Waals surface area contributed by atoms with Crippen LogP contribution in [0.4, 0.5) is 5.69 Å². The minimum atomic E-state index is 0.0317. The van der Waals surface area contributed by atoms with Crippen LogP contribution in [0.5, 0.6) is 0 Å². The summed E-state index contributed by atoms with van der Waals surface area (Å²) in [5.41, 5.74) is 7.26. The van der Waals surface area contributed by atoms with Gasteiger partial charge in [0.25, 0.3) is 0 Å². The lowest BCUT2D eigenvalue weighted by Crippen LogP contribution is -2.30. The Morgan fingerprint density at radius 2 is 1.76 bits per heavy atom. The van der Waals surface area contributed by atoms with Gasteiger partial charge in [-0.15, -0.1) is 0 Å². The van der Waals surface area contributed by atoms with E-state index in [1.165, 1.54) is 28.3 Å². The molecule has 1 saturated heterocycles. The van der Waals surface area contributed by atoms with E-state index >= 15 is 0 Å². The monoisotopic (exact) mass is 461 g/mol. The Balaban J connectivity index is 1.75. The second-order valence-corrected chi connectivity index (χ2v) is 9.06. The maximum atomic E-state index is 5.77. The zero-order valence-corrected chi connectivity index (χ0v) is 21.2. The first-order chi connectivity index (χ1) is 16.0. The third kappa shape index (κ3) is 4.36. The first-order valence-electron chi connectivity index (χ1n) is 12.0. The van der Waals surface area contributed by atoms with Crippen LogP contribution in [0.15, 0.2) is 54.7 Å². The van der Waals surface area contributed by atoms with Crippen LogP contribution in [-0.2, 0) is 0 Å². The summed E-state index contributed by atoms with van der Waals surface area (Å²) in [4.78, 5) is 9.37. The average Bonchev–Trinajstić information content (AvgIpc) is 3.31. The second kappa shape index (κ2) is 9.96. The highest BCUT2D eigenvalue weighted by atomic mass is 32.1. The van der Waals surface area contributed by atoms with Gasteiger partial charge in [-0.3, -0.25) is 4.98 Å². The van der Waals surface area contributed by atoms with Crippen molar-refractivity contribution in [2.45, 2.75) is 53.1 Å². The second-order valence-electron chi connectivity index (χ2n) is 8.67. The molecule has 2 aromatic heterocycles. The molecular formula is C27H35N5S. The van der Waals surface area contributed by atoms with Crippen molar-refractivity contribution < 1.29 is 0 Å². The van der Waals surface area contributed by atoms with Crippen LogP contribution in [0.1, 0.15) is 61.9 Å². The van der Waals surface area contributed by atoms with Crippen molar-refractivity contribution in [3.8, 4) is 5.69 Å². The molecule has 1 N–H and O–H groups in total. The van der Waals surface area contributed by atoms with Crippen molar-refractivity contribution in [3.63, 3.8) is 0 Å². The molecule has 0 radical (unpaired) electrons. The molecule has 1 aliphatic rings. The van der Waals surface area contributed by atoms with Gasteiger partial charge in [0.15, 0.2) is 5.11 Å². The van der Waals surface area contributed by atoms with E-state index in [0.717, 1.165) is 36.9 Å². The standard InChI is InChI=1S/C27H35N5S/c1-6-17-31-26(25(29-27(31)33)24-11-9-10-16-28-24)23-18-19(4)32(20(23)5)22-14-12-21(13-15-22)30(7-2)8-3/h9-16,18,25-26H,6-8,17H2,1-5H3,(H,29,33)/t25-,26+/m1/s1. The van der Waals surface area contributed by atoms with Gasteiger partial charge in [0, 0.05) is 48.6 Å². The first-order valence-corrected chi connectivity index (χ1v) is 12.4. The van der Waals surface area contributed by atoms with E-state index < -0.39 is 0 Å². The van der Waals surface area contributed by atoms with Crippen LogP contribution in [0.25, 0.3) is 5.69 Å². The minimum absolute atomic E-state index is 0.0317. The number of nitrogens with one attached hydrogen (secondary N) is 1. The van der Waals surface area contributed by atoms with E-state index in [1.54, 1.807) is 0 Å². The molecule has 0 aliphatic carbocycles. The number of aryl methyl sites for hydroxylation is 1. The van der Waals surface area contributed by atoms with Crippen molar-refractivity contribution in [3.05, 3.63) is 77.4 Å². The summed E-state index contributed by atoms with van der Waals surface area (Å²) in [6, 6.07) is 17.5. The first kappa shape index (κ1) is 23.3. The number of benzene rings is 1. The van der Waals surface area contributed by atoms with Crippen molar-refractivity contribution in [2.24, 2.45) is 0 Å². The van der Waals surface area contributed by atoms with Gasteiger partial charge < -0.3 is 19.7 Å². The van der Waals surface area contributed by atoms with E-state index in [1.807, 2.05) is 18.3 Å². The number of thiocarbonyl (C=S) groups is 1. The molecule has 3 heterocycles. The Labute approximate surface area is 203 Å². The minimum Gasteiger partial charge on any atom is -0.372 e. The molecule has 0 amide bonds. The number of anilines is 1. The predicted octanol–water partition coefficient (Wildman–Crippen LogP) is 5.72. The van der Waals surface area contributed by atoms with Crippen LogP contribution in [0, 0.1) is 13.8 Å². The highest BCUT2D eigenvalue weighted by Gasteiger charge is 2.40. The van der Waals surface area contributed by atoms with Gasteiger partial charge in [0.1, 0.15) is 0 Å². The molecule has 0 spiro atoms. The Morgan fingerprint density at radius 3 is 2.36 bits per heavy atom. The SMILES string of the molecule is CCCN1C(=S)N[C@H](c2ccccn2)[C@@H]1c1cc(C)n(-c2ccc(N(CC)CC)cc2)c1C. The summed E-state index contributed by atoms with van der Waals surface area (Å²) in [5, 5.41) is 4.37. The smallest absolute Gasteiger partial charge is 0.170 e. The molecule has 174 valence electrons. The molecule has 3 aromatic rings. The largest absolute Gasteiger partial charge is 0.372 e. The van der Waals surface area contributed by atoms with Gasteiger partial charge in [-0.2, -0.15) is 0 Å². The fourth-order valence-corrected chi connectivity index (χ4v) is 5.44. The summed E-state index contributed by atoms with van der Waals surface area (Å²) in [6.45, 7) is 14.0. The number of aromatic nitrogens is 2. The van der Waals surface area contributed by atoms with Gasteiger partial charge in [-0.25, -0.2) is 0 Å². The molecule has 6 heteroatoms. The summed E-state index contributed by atoms with van der Waals surface area (Å²) in [5.74, 6) is 0. The highest BCUT2D eigenvalue weighted by molar-refractivity contribution is 7.80. The molecule has 0 saturated carbocycles. The Hall–Kier alpha value is -2.86. The van der Waals surface area contributed by atoms with E-state index in [-0.39, 0.29) is 12.1 Å². The van der Waals surface area contributed by atoms with E-state index in [0.29, 0.717) is 0 Å². The third-order valence-electron chi connectivity index (χ3n) is 6.69. The van der Waals surface area contributed by atoms with Gasteiger partial charge in [0.05, 0.1) is 17.8 Å². The molecule has 0 unspecified atom stereocenters. The average molecular weight is 462 g/mol. The summed E-state index contributed by atoms with van der Waals surface area (Å²) < 4.78 is 2.36. The van der Waals surface area contributed by atoms with Gasteiger partial charge in [-0.05, 0) is 94.4 Å². The number of pyridine rings is 1. The van der Waals surface area contributed by atoms with E-state index in [4.69, 9.17) is 12.2 Å². The van der Waals surface area contributed by atoms with Gasteiger partial charge in [-0.1, -0.05) is 13.0 Å². The van der Waals surface area contributed by atoms with E-state index in [9.17, 15) is 0 Å². The predicted molar refractivity (Wildman–Crippen MR) is 141 cm³/mol. The molecular weight excluding hydrogens is 426 g/mol. The molecule has 5 nitrogen and oxygen atoms in total. The number of nitrogens with zero attached hydrogens (tertiary/aromatic N) is 4. The quantitative estimate of drug-likeness (QED) is 0.434. The molecule has 1 aliphatic heterocycles. The summed E-state index contributed by atoms with van der Waals surface area (Å²) in [6.07, 6.45) is 2.90. The van der Waals surface area contributed by atoms with Gasteiger partial charge in [0.2, 0.25) is 0 Å². The molecule has 1 fully saturated rings. The number of rotatable bonds is 8. The van der Waals surface area contributed by atoms with Crippen LogP contribution < -0.4 is 10.2 Å². The molecule has 1 aromatic carbocycles. The van der Waals surface area contributed by atoms with Crippen LogP contribution in [-0.4, -0.2) is 39.2 Å². The molecule has 33 heavy (non-hydrogen) atoms. The summed E-state index contributed by atoms with van der Waals surface area (Å²) >= 11 is 5.77. The lowest BCUT2D eigenvalue weighted by atomic mass is 9.96. The lowest BCUT2D eigenvalue weighted by Gasteiger charge is -2.28. The number of hydrogen-bond acceptors (Lipinski definition) is 3. The Bertz CT molecular complexity index is 1090. The van der Waals surface area contributed by atoms with E-state index in [2.05, 4.69) is 95.7 Å². The lowest BCUT2D eigenvalue weighted by molar-refractivity contribution is 0.316. The summed E-state index contributed by atoms with van der Waals surface area (Å²) in [7, 11) is 0. The van der Waals surface area contributed by atoms with Gasteiger partial charge >= 0.3 is 0 Å². The van der Waals surface area contributed by atoms with Crippen molar-refractivity contribution in [1.29, 1.82) is 0 Å². The molecule has 4 rings (SSSR count). The van der Waals surface area contributed by atoms with Crippen molar-refractivity contribution in [2.75, 3.05) is 24.5 Å². The normalized spacial score (nSPS) is 18.0. The maximum absolute atomic E-state index is 5.77. The fraction of sp³-hybridized carbons (Fsp3) is 0.407. The Kier molecular flexibility index (Phi) is 7.03. The van der Waals surface area contributed by atoms with Crippen molar-refractivity contribution in [1.82, 2.24) is 19.8 Å². The Morgan fingerprint density at radius 1 is 1.03 bits per heavy atom. The number of hydrogen-bond donors (Lipinski definition) is 1. The zero-order chi connectivity index (χ0) is 23.5. The molecule has 0 bridgehead atoms. The van der Waals surface area contributed by atoms with Crippen LogP contribution in [0.2, 0.25) is 0 Å². The zero-order valence-electron chi connectivity index (χ0n) is 20.4. The van der Waals surface area contributed by atoms with Crippen LogP contribution >= 0.6 is 12.2 Å².